The van der Waals surface area contributed by atoms with E-state index in [2.05, 4.69) is 17.4 Å². The molecule has 3 rings (SSSR count). The van der Waals surface area contributed by atoms with Crippen LogP contribution in [0.25, 0.3) is 0 Å². The molecule has 3 heteroatoms. The van der Waals surface area contributed by atoms with Crippen molar-refractivity contribution in [2.45, 2.75) is 25.8 Å². The predicted octanol–water partition coefficient (Wildman–Crippen LogP) is 2.98. The maximum atomic E-state index is 12.5. The molecule has 0 aliphatic heterocycles. The Hall–Kier alpha value is -2.29. The van der Waals surface area contributed by atoms with Gasteiger partial charge in [-0.3, -0.25) is 4.79 Å². The van der Waals surface area contributed by atoms with Crippen LogP contribution in [0.1, 0.15) is 28.4 Å². The Bertz CT molecular complexity index is 626. The number of carbonyl (C=O) groups is 1. The van der Waals surface area contributed by atoms with Gasteiger partial charge in [0, 0.05) is 6.04 Å². The fourth-order valence-corrected chi connectivity index (χ4v) is 2.86. The molecule has 0 spiro atoms. The number of hydrogen-bond acceptors (Lipinski definition) is 2. The highest BCUT2D eigenvalue weighted by Gasteiger charge is 2.23. The molecule has 3 nitrogen and oxygen atoms in total. The largest absolute Gasteiger partial charge is 0.493 e. The van der Waals surface area contributed by atoms with E-state index in [0.29, 0.717) is 17.9 Å². The highest BCUT2D eigenvalue weighted by atomic mass is 16.5. The molecule has 0 radical (unpaired) electrons. The molecular formula is C18H19NO2. The van der Waals surface area contributed by atoms with Gasteiger partial charge >= 0.3 is 0 Å². The second-order valence-electron chi connectivity index (χ2n) is 5.28. The third-order valence-corrected chi connectivity index (χ3v) is 3.82. The zero-order chi connectivity index (χ0) is 14.7. The Morgan fingerprint density at radius 3 is 2.38 bits per heavy atom. The van der Waals surface area contributed by atoms with Crippen LogP contribution in [0.3, 0.4) is 0 Å². The average molecular weight is 281 g/mol. The van der Waals surface area contributed by atoms with Crippen molar-refractivity contribution in [2.24, 2.45) is 0 Å². The molecular weight excluding hydrogens is 262 g/mol. The van der Waals surface area contributed by atoms with Crippen molar-refractivity contribution in [1.29, 1.82) is 0 Å². The Morgan fingerprint density at radius 2 is 1.71 bits per heavy atom. The van der Waals surface area contributed by atoms with Crippen molar-refractivity contribution < 1.29 is 9.53 Å². The summed E-state index contributed by atoms with van der Waals surface area (Å²) in [5.74, 6) is 0.588. The van der Waals surface area contributed by atoms with Crippen LogP contribution in [0.4, 0.5) is 0 Å². The zero-order valence-electron chi connectivity index (χ0n) is 12.1. The molecule has 0 saturated heterocycles. The van der Waals surface area contributed by atoms with Gasteiger partial charge in [-0.05, 0) is 43.0 Å². The van der Waals surface area contributed by atoms with E-state index >= 15 is 0 Å². The van der Waals surface area contributed by atoms with Gasteiger partial charge in [0.15, 0.2) is 0 Å². The standard InChI is InChI=1S/C18H19NO2/c1-2-21-17-10-6-5-9-16(17)18(20)19-15-11-13-7-3-4-8-14(13)12-15/h3-10,15H,2,11-12H2,1H3,(H,19,20). The Morgan fingerprint density at radius 1 is 1.10 bits per heavy atom. The SMILES string of the molecule is CCOc1ccccc1C(=O)NC1Cc2ccccc2C1. The fourth-order valence-electron chi connectivity index (χ4n) is 2.86. The molecule has 0 bridgehead atoms. The van der Waals surface area contributed by atoms with Gasteiger partial charge in [0.25, 0.3) is 5.91 Å². The number of fused-ring (bicyclic) bond motifs is 1. The lowest BCUT2D eigenvalue weighted by Gasteiger charge is -2.14. The van der Waals surface area contributed by atoms with E-state index in [1.54, 1.807) is 0 Å². The number of hydrogen-bond donors (Lipinski definition) is 1. The average Bonchev–Trinajstić information content (AvgIpc) is 2.90. The monoisotopic (exact) mass is 281 g/mol. The van der Waals surface area contributed by atoms with E-state index in [0.717, 1.165) is 12.8 Å². The summed E-state index contributed by atoms with van der Waals surface area (Å²) in [6.45, 7) is 2.47. The Balaban J connectivity index is 1.71. The lowest BCUT2D eigenvalue weighted by Crippen LogP contribution is -2.35. The Kier molecular flexibility index (Phi) is 3.91. The molecule has 0 unspecified atom stereocenters. The topological polar surface area (TPSA) is 38.3 Å². The lowest BCUT2D eigenvalue weighted by molar-refractivity contribution is 0.0935. The first-order valence-electron chi connectivity index (χ1n) is 7.37. The molecule has 2 aromatic rings. The summed E-state index contributed by atoms with van der Waals surface area (Å²) < 4.78 is 5.52. The summed E-state index contributed by atoms with van der Waals surface area (Å²) in [5, 5.41) is 3.12. The minimum Gasteiger partial charge on any atom is -0.493 e. The molecule has 0 saturated carbocycles. The van der Waals surface area contributed by atoms with Crippen LogP contribution in [0.2, 0.25) is 0 Å². The molecule has 2 aromatic carbocycles. The van der Waals surface area contributed by atoms with E-state index < -0.39 is 0 Å². The summed E-state index contributed by atoms with van der Waals surface area (Å²) in [6.07, 6.45) is 1.80. The number of para-hydroxylation sites is 1. The fraction of sp³-hybridized carbons (Fsp3) is 0.278. The van der Waals surface area contributed by atoms with Crippen LogP contribution in [0, 0.1) is 0 Å². The van der Waals surface area contributed by atoms with Crippen LogP contribution in [-0.2, 0) is 12.8 Å². The molecule has 1 N–H and O–H groups in total. The quantitative estimate of drug-likeness (QED) is 0.935. The zero-order valence-corrected chi connectivity index (χ0v) is 12.1. The van der Waals surface area contributed by atoms with Crippen LogP contribution in [0.15, 0.2) is 48.5 Å². The smallest absolute Gasteiger partial charge is 0.255 e. The second kappa shape index (κ2) is 6.00. The first-order valence-corrected chi connectivity index (χ1v) is 7.37. The maximum Gasteiger partial charge on any atom is 0.255 e. The Labute approximate surface area is 124 Å². The molecule has 0 aromatic heterocycles. The summed E-state index contributed by atoms with van der Waals surface area (Å²) in [7, 11) is 0. The summed E-state index contributed by atoms with van der Waals surface area (Å²) >= 11 is 0. The normalized spacial score (nSPS) is 13.8. The van der Waals surface area contributed by atoms with Crippen molar-refractivity contribution in [3.63, 3.8) is 0 Å². The number of carbonyl (C=O) groups excluding carboxylic acids is 1. The highest BCUT2D eigenvalue weighted by Crippen LogP contribution is 2.23. The van der Waals surface area contributed by atoms with E-state index in [-0.39, 0.29) is 11.9 Å². The maximum absolute atomic E-state index is 12.5. The molecule has 0 atom stereocenters. The molecule has 1 aliphatic carbocycles. The van der Waals surface area contributed by atoms with Crippen LogP contribution in [0.5, 0.6) is 5.75 Å². The van der Waals surface area contributed by atoms with E-state index in [1.165, 1.54) is 11.1 Å². The van der Waals surface area contributed by atoms with Gasteiger partial charge in [0.2, 0.25) is 0 Å². The second-order valence-corrected chi connectivity index (χ2v) is 5.28. The summed E-state index contributed by atoms with van der Waals surface area (Å²) in [6, 6.07) is 15.9. The van der Waals surface area contributed by atoms with Gasteiger partial charge < -0.3 is 10.1 Å². The van der Waals surface area contributed by atoms with Gasteiger partial charge in [-0.15, -0.1) is 0 Å². The van der Waals surface area contributed by atoms with Crippen LogP contribution >= 0.6 is 0 Å². The van der Waals surface area contributed by atoms with Gasteiger partial charge in [0.05, 0.1) is 12.2 Å². The first-order chi connectivity index (χ1) is 10.3. The van der Waals surface area contributed by atoms with Crippen LogP contribution in [-0.4, -0.2) is 18.6 Å². The minimum atomic E-state index is -0.0585. The van der Waals surface area contributed by atoms with Crippen molar-refractivity contribution in [3.8, 4) is 5.75 Å². The van der Waals surface area contributed by atoms with E-state index in [1.807, 2.05) is 43.3 Å². The van der Waals surface area contributed by atoms with Gasteiger partial charge in [-0.2, -0.15) is 0 Å². The van der Waals surface area contributed by atoms with Gasteiger partial charge in [-0.1, -0.05) is 36.4 Å². The molecule has 21 heavy (non-hydrogen) atoms. The third kappa shape index (κ3) is 2.92. The lowest BCUT2D eigenvalue weighted by atomic mass is 10.1. The van der Waals surface area contributed by atoms with Crippen molar-refractivity contribution in [3.05, 3.63) is 65.2 Å². The highest BCUT2D eigenvalue weighted by molar-refractivity contribution is 5.97. The van der Waals surface area contributed by atoms with Gasteiger partial charge in [-0.25, -0.2) is 0 Å². The molecule has 1 amide bonds. The summed E-state index contributed by atoms with van der Waals surface area (Å²) in [5.41, 5.74) is 3.28. The number of amides is 1. The summed E-state index contributed by atoms with van der Waals surface area (Å²) in [4.78, 5) is 12.5. The van der Waals surface area contributed by atoms with E-state index in [4.69, 9.17) is 4.74 Å². The van der Waals surface area contributed by atoms with Gasteiger partial charge in [0.1, 0.15) is 5.75 Å². The molecule has 108 valence electrons. The molecule has 0 fully saturated rings. The number of ether oxygens (including phenoxy) is 1. The first kappa shape index (κ1) is 13.7. The number of nitrogens with one attached hydrogen (secondary N) is 1. The molecule has 1 aliphatic rings. The van der Waals surface area contributed by atoms with Crippen molar-refractivity contribution in [2.75, 3.05) is 6.61 Å². The minimum absolute atomic E-state index is 0.0585. The predicted molar refractivity (Wildman–Crippen MR) is 82.7 cm³/mol. The van der Waals surface area contributed by atoms with Crippen molar-refractivity contribution >= 4 is 5.91 Å². The third-order valence-electron chi connectivity index (χ3n) is 3.82. The van der Waals surface area contributed by atoms with Crippen molar-refractivity contribution in [1.82, 2.24) is 5.32 Å². The van der Waals surface area contributed by atoms with Crippen LogP contribution < -0.4 is 10.1 Å². The molecule has 0 heterocycles. The number of benzene rings is 2. The number of rotatable bonds is 4. The van der Waals surface area contributed by atoms with E-state index in [9.17, 15) is 4.79 Å².